The summed E-state index contributed by atoms with van der Waals surface area (Å²) in [6.45, 7) is 7.49. The van der Waals surface area contributed by atoms with E-state index in [9.17, 15) is 0 Å². The van der Waals surface area contributed by atoms with Gasteiger partial charge in [-0.1, -0.05) is 20.8 Å². The third kappa shape index (κ3) is 1.84. The van der Waals surface area contributed by atoms with Crippen LogP contribution in [0.3, 0.4) is 0 Å². The van der Waals surface area contributed by atoms with Crippen molar-refractivity contribution in [2.75, 3.05) is 7.11 Å². The number of fused-ring (bicyclic) bond motifs is 2. The molecule has 3 saturated carbocycles. The molecule has 5 atom stereocenters. The molecule has 3 fully saturated rings. The molecule has 0 aromatic carbocycles. The zero-order chi connectivity index (χ0) is 13.0. The highest BCUT2D eigenvalue weighted by Crippen LogP contribution is 2.62. The number of nitrogens with one attached hydrogen (secondary N) is 1. The minimum absolute atomic E-state index is 0.484. The van der Waals surface area contributed by atoms with Gasteiger partial charge in [0, 0.05) is 19.2 Å². The molecule has 18 heavy (non-hydrogen) atoms. The van der Waals surface area contributed by atoms with E-state index in [2.05, 4.69) is 26.1 Å². The summed E-state index contributed by atoms with van der Waals surface area (Å²) in [5.74, 6) is 0.944. The third-order valence-corrected chi connectivity index (χ3v) is 6.39. The molecule has 3 rings (SSSR count). The lowest BCUT2D eigenvalue weighted by molar-refractivity contribution is 0.0867. The Morgan fingerprint density at radius 3 is 2.44 bits per heavy atom. The first-order valence-electron chi connectivity index (χ1n) is 7.74. The van der Waals surface area contributed by atoms with Crippen molar-refractivity contribution in [3.63, 3.8) is 0 Å². The molecule has 0 saturated heterocycles. The van der Waals surface area contributed by atoms with Gasteiger partial charge >= 0.3 is 0 Å². The lowest BCUT2D eigenvalue weighted by Crippen LogP contribution is -2.53. The van der Waals surface area contributed by atoms with Crippen LogP contribution in [0.5, 0.6) is 0 Å². The second kappa shape index (κ2) is 4.21. The molecule has 0 aliphatic heterocycles. The van der Waals surface area contributed by atoms with Gasteiger partial charge in [0.1, 0.15) is 0 Å². The van der Waals surface area contributed by atoms with E-state index < -0.39 is 0 Å². The zero-order valence-electron chi connectivity index (χ0n) is 12.5. The molecular weight excluding hydrogens is 222 g/mol. The van der Waals surface area contributed by atoms with Gasteiger partial charge in [0.2, 0.25) is 0 Å². The van der Waals surface area contributed by atoms with Crippen LogP contribution in [-0.2, 0) is 4.74 Å². The summed E-state index contributed by atoms with van der Waals surface area (Å²) in [4.78, 5) is 0. The molecule has 3 aliphatic carbocycles. The van der Waals surface area contributed by atoms with Gasteiger partial charge in [-0.15, -0.1) is 0 Å². The maximum absolute atomic E-state index is 5.50. The Kier molecular flexibility index (Phi) is 3.02. The second-order valence-corrected chi connectivity index (χ2v) is 7.88. The van der Waals surface area contributed by atoms with Gasteiger partial charge in [0.15, 0.2) is 0 Å². The molecule has 0 amide bonds. The van der Waals surface area contributed by atoms with Crippen LogP contribution in [0.15, 0.2) is 0 Å². The largest absolute Gasteiger partial charge is 0.381 e. The van der Waals surface area contributed by atoms with E-state index in [0.717, 1.165) is 5.92 Å². The Morgan fingerprint density at radius 1 is 1.11 bits per heavy atom. The molecule has 3 aliphatic rings. The summed E-state index contributed by atoms with van der Waals surface area (Å²) in [5.41, 5.74) is 1.04. The summed E-state index contributed by atoms with van der Waals surface area (Å²) < 4.78 is 5.50. The Morgan fingerprint density at radius 2 is 1.89 bits per heavy atom. The van der Waals surface area contributed by atoms with Gasteiger partial charge in [0.05, 0.1) is 6.10 Å². The van der Waals surface area contributed by atoms with Crippen LogP contribution in [0.1, 0.15) is 59.3 Å². The average molecular weight is 251 g/mol. The highest BCUT2D eigenvalue weighted by molar-refractivity contribution is 5.12. The summed E-state index contributed by atoms with van der Waals surface area (Å²) in [7, 11) is 1.86. The van der Waals surface area contributed by atoms with Crippen molar-refractivity contribution in [2.24, 2.45) is 16.7 Å². The molecule has 0 heterocycles. The Hall–Kier alpha value is -0.0800. The van der Waals surface area contributed by atoms with Crippen molar-refractivity contribution < 1.29 is 4.74 Å². The number of rotatable bonds is 3. The van der Waals surface area contributed by atoms with Crippen molar-refractivity contribution in [1.82, 2.24) is 5.32 Å². The van der Waals surface area contributed by atoms with Gasteiger partial charge in [-0.3, -0.25) is 0 Å². The minimum atomic E-state index is 0.484. The molecule has 0 aromatic rings. The first-order valence-corrected chi connectivity index (χ1v) is 7.74. The van der Waals surface area contributed by atoms with Gasteiger partial charge < -0.3 is 10.1 Å². The maximum Gasteiger partial charge on any atom is 0.0586 e. The smallest absolute Gasteiger partial charge is 0.0586 e. The molecule has 0 spiro atoms. The van der Waals surface area contributed by atoms with Gasteiger partial charge in [0.25, 0.3) is 0 Å². The van der Waals surface area contributed by atoms with Crippen LogP contribution in [0.4, 0.5) is 0 Å². The number of hydrogen-bond acceptors (Lipinski definition) is 2. The lowest BCUT2D eigenvalue weighted by Gasteiger charge is -2.44. The maximum atomic E-state index is 5.50. The van der Waals surface area contributed by atoms with Crippen molar-refractivity contribution in [3.8, 4) is 0 Å². The van der Waals surface area contributed by atoms with E-state index in [1.54, 1.807) is 0 Å². The fourth-order valence-corrected chi connectivity index (χ4v) is 5.26. The van der Waals surface area contributed by atoms with Crippen LogP contribution in [0.2, 0.25) is 0 Å². The molecular formula is C16H29NO. The monoisotopic (exact) mass is 251 g/mol. The highest BCUT2D eigenvalue weighted by atomic mass is 16.5. The molecule has 0 aromatic heterocycles. The Balaban J connectivity index is 1.69. The first kappa shape index (κ1) is 12.9. The van der Waals surface area contributed by atoms with Gasteiger partial charge in [-0.25, -0.2) is 0 Å². The molecule has 2 heteroatoms. The second-order valence-electron chi connectivity index (χ2n) is 7.88. The number of hydrogen-bond donors (Lipinski definition) is 1. The highest BCUT2D eigenvalue weighted by Gasteiger charge is 2.59. The van der Waals surface area contributed by atoms with E-state index >= 15 is 0 Å². The summed E-state index contributed by atoms with van der Waals surface area (Å²) >= 11 is 0. The van der Waals surface area contributed by atoms with Crippen LogP contribution in [0.25, 0.3) is 0 Å². The topological polar surface area (TPSA) is 21.3 Å². The van der Waals surface area contributed by atoms with Gasteiger partial charge in [-0.2, -0.15) is 0 Å². The van der Waals surface area contributed by atoms with Crippen molar-refractivity contribution in [3.05, 3.63) is 0 Å². The molecule has 3 unspecified atom stereocenters. The van der Waals surface area contributed by atoms with E-state index in [4.69, 9.17) is 4.74 Å². The number of methoxy groups -OCH3 is 1. The molecule has 2 nitrogen and oxygen atoms in total. The molecule has 1 N–H and O–H groups in total. The van der Waals surface area contributed by atoms with Crippen molar-refractivity contribution in [1.29, 1.82) is 0 Å². The predicted molar refractivity (Wildman–Crippen MR) is 74.6 cm³/mol. The zero-order valence-corrected chi connectivity index (χ0v) is 12.5. The normalized spacial score (nSPS) is 50.0. The molecule has 2 bridgehead atoms. The fraction of sp³-hybridized carbons (Fsp3) is 1.00. The van der Waals surface area contributed by atoms with E-state index in [1.165, 1.54) is 38.5 Å². The fourth-order valence-electron chi connectivity index (χ4n) is 5.26. The van der Waals surface area contributed by atoms with Crippen molar-refractivity contribution >= 4 is 0 Å². The van der Waals surface area contributed by atoms with Crippen LogP contribution < -0.4 is 5.32 Å². The van der Waals surface area contributed by atoms with Gasteiger partial charge in [-0.05, 0) is 55.3 Å². The summed E-state index contributed by atoms with van der Waals surface area (Å²) in [6.07, 6.45) is 8.57. The first-order chi connectivity index (χ1) is 8.45. The van der Waals surface area contributed by atoms with E-state index in [0.29, 0.717) is 29.0 Å². The standard InChI is InChI=1S/C16H29NO/c1-15(2)11-7-8-16(3,10-11)14(15)17-12-5-6-13(9-12)18-4/h11-14,17H,5-10H2,1-4H3/t11-,12?,13?,14?,16+/m0/s1. The SMILES string of the molecule is COC1CCC(NC2C(C)(C)[C@H]3CC[C@]2(C)C3)C1. The quantitative estimate of drug-likeness (QED) is 0.830. The summed E-state index contributed by atoms with van der Waals surface area (Å²) in [6, 6.07) is 1.40. The number of ether oxygens (including phenoxy) is 1. The average Bonchev–Trinajstić information content (AvgIpc) is 2.95. The predicted octanol–water partition coefficient (Wildman–Crippen LogP) is 3.36. The summed E-state index contributed by atoms with van der Waals surface area (Å²) in [5, 5.41) is 4.02. The molecule has 104 valence electrons. The Labute approximate surface area is 112 Å². The van der Waals surface area contributed by atoms with Crippen LogP contribution in [-0.4, -0.2) is 25.3 Å². The van der Waals surface area contributed by atoms with Crippen LogP contribution in [0, 0.1) is 16.7 Å². The lowest BCUT2D eigenvalue weighted by atomic mass is 9.68. The minimum Gasteiger partial charge on any atom is -0.381 e. The van der Waals surface area contributed by atoms with E-state index in [1.807, 2.05) is 7.11 Å². The van der Waals surface area contributed by atoms with Crippen molar-refractivity contribution in [2.45, 2.75) is 77.5 Å². The van der Waals surface area contributed by atoms with Crippen LogP contribution >= 0.6 is 0 Å². The molecule has 0 radical (unpaired) electrons. The Bertz CT molecular complexity index is 322. The van der Waals surface area contributed by atoms with E-state index in [-0.39, 0.29) is 0 Å². The third-order valence-electron chi connectivity index (χ3n) is 6.39.